The SMILES string of the molecule is C=CCC(=O)OCC=S. The van der Waals surface area contributed by atoms with Crippen LogP contribution in [0.1, 0.15) is 6.42 Å². The van der Waals surface area contributed by atoms with Crippen molar-refractivity contribution < 1.29 is 9.53 Å². The highest BCUT2D eigenvalue weighted by Gasteiger charge is 1.94. The summed E-state index contributed by atoms with van der Waals surface area (Å²) < 4.78 is 4.56. The van der Waals surface area contributed by atoms with E-state index in [1.165, 1.54) is 11.4 Å². The van der Waals surface area contributed by atoms with Crippen LogP contribution in [0.3, 0.4) is 0 Å². The molecule has 0 atom stereocenters. The molecule has 0 saturated carbocycles. The van der Waals surface area contributed by atoms with Crippen molar-refractivity contribution in [3.05, 3.63) is 12.7 Å². The molecule has 0 aromatic heterocycles. The minimum Gasteiger partial charge on any atom is -0.460 e. The third-order valence-corrected chi connectivity index (χ3v) is 0.759. The molecule has 0 fully saturated rings. The lowest BCUT2D eigenvalue weighted by atomic mass is 10.4. The number of thiocarbonyl (C=S) groups is 1. The maximum absolute atomic E-state index is 10.4. The van der Waals surface area contributed by atoms with Gasteiger partial charge in [-0.2, -0.15) is 0 Å². The average Bonchev–Trinajstić information content (AvgIpc) is 1.85. The van der Waals surface area contributed by atoms with Gasteiger partial charge in [-0.15, -0.1) is 6.58 Å². The van der Waals surface area contributed by atoms with Crippen molar-refractivity contribution in [2.75, 3.05) is 6.61 Å². The van der Waals surface area contributed by atoms with Crippen molar-refractivity contribution in [2.45, 2.75) is 6.42 Å². The molecule has 0 aliphatic heterocycles. The molecule has 0 spiro atoms. The first kappa shape index (κ1) is 8.30. The number of rotatable bonds is 4. The van der Waals surface area contributed by atoms with Gasteiger partial charge in [0, 0.05) is 5.37 Å². The Morgan fingerprint density at radius 3 is 2.89 bits per heavy atom. The number of esters is 1. The van der Waals surface area contributed by atoms with Crippen LogP contribution >= 0.6 is 12.2 Å². The lowest BCUT2D eigenvalue weighted by Crippen LogP contribution is -2.03. The zero-order chi connectivity index (χ0) is 7.11. The van der Waals surface area contributed by atoms with Crippen LogP contribution in [0.5, 0.6) is 0 Å². The molecule has 0 rings (SSSR count). The number of hydrogen-bond acceptors (Lipinski definition) is 3. The summed E-state index contributed by atoms with van der Waals surface area (Å²) >= 11 is 4.43. The summed E-state index contributed by atoms with van der Waals surface area (Å²) in [6, 6.07) is 0. The lowest BCUT2D eigenvalue weighted by molar-refractivity contribution is -0.140. The molecule has 0 unspecified atom stereocenters. The topological polar surface area (TPSA) is 26.3 Å². The van der Waals surface area contributed by atoms with E-state index in [9.17, 15) is 4.79 Å². The van der Waals surface area contributed by atoms with Crippen LogP contribution < -0.4 is 0 Å². The van der Waals surface area contributed by atoms with Gasteiger partial charge >= 0.3 is 5.97 Å². The standard InChI is InChI=1S/C6H8O2S/c1-2-3-6(7)8-4-5-9/h2,5H,1,3-4H2. The minimum absolute atomic E-state index is 0.210. The molecular formula is C6H8O2S. The van der Waals surface area contributed by atoms with Gasteiger partial charge in [-0.25, -0.2) is 0 Å². The molecule has 0 saturated heterocycles. The van der Waals surface area contributed by atoms with Crippen molar-refractivity contribution in [2.24, 2.45) is 0 Å². The Labute approximate surface area is 59.5 Å². The molecule has 0 amide bonds. The first-order valence-corrected chi connectivity index (χ1v) is 2.98. The Hall–Kier alpha value is -0.700. The van der Waals surface area contributed by atoms with Gasteiger partial charge in [0.2, 0.25) is 0 Å². The first-order chi connectivity index (χ1) is 4.31. The summed E-state index contributed by atoms with van der Waals surface area (Å²) in [7, 11) is 0. The highest BCUT2D eigenvalue weighted by molar-refractivity contribution is 7.79. The van der Waals surface area contributed by atoms with Gasteiger partial charge < -0.3 is 4.74 Å². The van der Waals surface area contributed by atoms with E-state index in [0.29, 0.717) is 0 Å². The van der Waals surface area contributed by atoms with Crippen LogP contribution in [0.25, 0.3) is 0 Å². The van der Waals surface area contributed by atoms with Crippen LogP contribution in [-0.4, -0.2) is 17.9 Å². The van der Waals surface area contributed by atoms with E-state index >= 15 is 0 Å². The number of hydrogen-bond donors (Lipinski definition) is 0. The molecule has 0 aliphatic rings. The molecule has 0 aromatic carbocycles. The fourth-order valence-corrected chi connectivity index (χ4v) is 0.372. The van der Waals surface area contributed by atoms with Crippen molar-refractivity contribution in [3.8, 4) is 0 Å². The molecule has 0 bridgehead atoms. The lowest BCUT2D eigenvalue weighted by Gasteiger charge is -1.95. The van der Waals surface area contributed by atoms with E-state index in [1.54, 1.807) is 0 Å². The van der Waals surface area contributed by atoms with Gasteiger partial charge in [-0.3, -0.25) is 4.79 Å². The fraction of sp³-hybridized carbons (Fsp3) is 0.333. The second-order valence-electron chi connectivity index (χ2n) is 1.34. The molecule has 0 radical (unpaired) electrons. The van der Waals surface area contributed by atoms with Crippen LogP contribution in [0.2, 0.25) is 0 Å². The largest absolute Gasteiger partial charge is 0.460 e. The summed E-state index contributed by atoms with van der Waals surface area (Å²) in [5.74, 6) is -0.286. The summed E-state index contributed by atoms with van der Waals surface area (Å²) in [5, 5.41) is 1.36. The second-order valence-corrected chi connectivity index (χ2v) is 1.68. The van der Waals surface area contributed by atoms with Gasteiger partial charge in [-0.05, 0) is 0 Å². The Morgan fingerprint density at radius 2 is 2.44 bits per heavy atom. The van der Waals surface area contributed by atoms with Crippen molar-refractivity contribution >= 4 is 23.6 Å². The zero-order valence-electron chi connectivity index (χ0n) is 5.00. The van der Waals surface area contributed by atoms with E-state index in [1.807, 2.05) is 0 Å². The highest BCUT2D eigenvalue weighted by atomic mass is 32.1. The molecule has 0 N–H and O–H groups in total. The zero-order valence-corrected chi connectivity index (χ0v) is 5.82. The maximum atomic E-state index is 10.4. The molecule has 3 heteroatoms. The number of ether oxygens (including phenoxy) is 1. The van der Waals surface area contributed by atoms with Crippen LogP contribution in [0.4, 0.5) is 0 Å². The Kier molecular flexibility index (Phi) is 5.01. The van der Waals surface area contributed by atoms with Crippen LogP contribution in [0, 0.1) is 0 Å². The summed E-state index contributed by atoms with van der Waals surface area (Å²) in [6.07, 6.45) is 1.74. The highest BCUT2D eigenvalue weighted by Crippen LogP contribution is 1.84. The molecule has 2 nitrogen and oxygen atoms in total. The normalized spacial score (nSPS) is 8.00. The molecule has 0 aromatic rings. The Balaban J connectivity index is 3.26. The van der Waals surface area contributed by atoms with Gasteiger partial charge in [0.1, 0.15) is 6.61 Å². The summed E-state index contributed by atoms with van der Waals surface area (Å²) in [5.41, 5.74) is 0. The summed E-state index contributed by atoms with van der Waals surface area (Å²) in [6.45, 7) is 3.58. The van der Waals surface area contributed by atoms with E-state index in [0.717, 1.165) is 0 Å². The van der Waals surface area contributed by atoms with Gasteiger partial charge in [0.25, 0.3) is 0 Å². The third-order valence-electron chi connectivity index (χ3n) is 0.623. The first-order valence-electron chi connectivity index (χ1n) is 2.51. The van der Waals surface area contributed by atoms with E-state index in [4.69, 9.17) is 0 Å². The predicted molar refractivity (Wildman–Crippen MR) is 39.4 cm³/mol. The van der Waals surface area contributed by atoms with Gasteiger partial charge in [0.05, 0.1) is 6.42 Å². The fourth-order valence-electron chi connectivity index (χ4n) is 0.304. The molecule has 9 heavy (non-hydrogen) atoms. The van der Waals surface area contributed by atoms with Crippen molar-refractivity contribution in [3.63, 3.8) is 0 Å². The van der Waals surface area contributed by atoms with Crippen molar-refractivity contribution in [1.82, 2.24) is 0 Å². The average molecular weight is 144 g/mol. The van der Waals surface area contributed by atoms with E-state index in [2.05, 4.69) is 23.5 Å². The minimum atomic E-state index is -0.286. The predicted octanol–water partition coefficient (Wildman–Crippen LogP) is 1.11. The van der Waals surface area contributed by atoms with Crippen LogP contribution in [0.15, 0.2) is 12.7 Å². The molecular weight excluding hydrogens is 136 g/mol. The van der Waals surface area contributed by atoms with Gasteiger partial charge in [-0.1, -0.05) is 18.3 Å². The van der Waals surface area contributed by atoms with Crippen LogP contribution in [-0.2, 0) is 9.53 Å². The number of carbonyl (C=O) groups is 1. The van der Waals surface area contributed by atoms with Gasteiger partial charge in [0.15, 0.2) is 0 Å². The van der Waals surface area contributed by atoms with Crippen molar-refractivity contribution in [1.29, 1.82) is 0 Å². The van der Waals surface area contributed by atoms with E-state index < -0.39 is 0 Å². The maximum Gasteiger partial charge on any atom is 0.309 e. The second kappa shape index (κ2) is 5.44. The molecule has 0 heterocycles. The summed E-state index contributed by atoms with van der Waals surface area (Å²) in [4.78, 5) is 10.4. The quantitative estimate of drug-likeness (QED) is 0.336. The smallest absolute Gasteiger partial charge is 0.309 e. The van der Waals surface area contributed by atoms with E-state index in [-0.39, 0.29) is 19.0 Å². The molecule has 0 aliphatic carbocycles. The molecule has 50 valence electrons. The Morgan fingerprint density at radius 1 is 1.78 bits per heavy atom. The third kappa shape index (κ3) is 5.17. The monoisotopic (exact) mass is 144 g/mol. The Bertz CT molecular complexity index is 120. The number of carbonyl (C=O) groups excluding carboxylic acids is 1.